The van der Waals surface area contributed by atoms with Crippen LogP contribution in [0.4, 0.5) is 5.13 Å². The lowest BCUT2D eigenvalue weighted by Gasteiger charge is -2.63. The first-order valence-electron chi connectivity index (χ1n) is 15.7. The fourth-order valence-electron chi connectivity index (χ4n) is 9.89. The van der Waals surface area contributed by atoms with Crippen molar-refractivity contribution in [3.05, 3.63) is 10.6 Å². The normalized spacial score (nSPS) is 40.8. The van der Waals surface area contributed by atoms with E-state index in [9.17, 15) is 24.9 Å². The van der Waals surface area contributed by atoms with Gasteiger partial charge in [-0.05, 0) is 104 Å². The first kappa shape index (κ1) is 30.9. The first-order valence-corrected chi connectivity index (χ1v) is 16.6. The summed E-state index contributed by atoms with van der Waals surface area (Å²) in [7, 11) is 1.33. The van der Waals surface area contributed by atoms with Gasteiger partial charge in [0.2, 0.25) is 5.91 Å². The molecule has 0 aromatic carbocycles. The van der Waals surface area contributed by atoms with Crippen molar-refractivity contribution in [3.63, 3.8) is 0 Å². The summed E-state index contributed by atoms with van der Waals surface area (Å²) in [6.45, 7) is 10.8. The number of aromatic nitrogens is 1. The summed E-state index contributed by atoms with van der Waals surface area (Å²) >= 11 is 1.32. The van der Waals surface area contributed by atoms with Crippen LogP contribution in [0.2, 0.25) is 0 Å². The number of methoxy groups -OCH3 is 1. The largest absolute Gasteiger partial charge is 0.464 e. The molecular weight excluding hydrogens is 540 g/mol. The van der Waals surface area contributed by atoms with E-state index in [4.69, 9.17) is 4.74 Å². The second-order valence-corrected chi connectivity index (χ2v) is 15.5. The van der Waals surface area contributed by atoms with Gasteiger partial charge in [-0.15, -0.1) is 11.3 Å². The summed E-state index contributed by atoms with van der Waals surface area (Å²) in [5, 5.41) is 36.9. The lowest BCUT2D eigenvalue weighted by molar-refractivity contribution is -0.207. The first-order chi connectivity index (χ1) is 19.3. The number of nitrogens with zero attached hydrogens (tertiary/aromatic N) is 1. The van der Waals surface area contributed by atoms with Crippen molar-refractivity contribution in [3.8, 4) is 0 Å². The topological polar surface area (TPSA) is 129 Å². The Morgan fingerprint density at radius 3 is 2.49 bits per heavy atom. The summed E-state index contributed by atoms with van der Waals surface area (Å²) in [5.41, 5.74) is 0.0404. The average molecular weight is 591 g/mol. The molecule has 4 N–H and O–H groups in total. The summed E-state index contributed by atoms with van der Waals surface area (Å²) in [6.07, 6.45) is 5.97. The molecule has 4 aliphatic carbocycles. The Bertz CT molecular complexity index is 1140. The number of anilines is 1. The van der Waals surface area contributed by atoms with Gasteiger partial charge in [-0.25, -0.2) is 9.78 Å². The van der Waals surface area contributed by atoms with Gasteiger partial charge in [-0.2, -0.15) is 0 Å². The van der Waals surface area contributed by atoms with Crippen LogP contribution in [0.25, 0.3) is 0 Å². The molecule has 4 saturated carbocycles. The Labute approximate surface area is 248 Å². The fraction of sp³-hybridized carbons (Fsp3) is 0.844. The predicted octanol–water partition coefficient (Wildman–Crippen LogP) is 5.37. The van der Waals surface area contributed by atoms with Crippen molar-refractivity contribution in [1.29, 1.82) is 0 Å². The van der Waals surface area contributed by atoms with Crippen LogP contribution in [-0.2, 0) is 9.53 Å². The number of hydrogen-bond donors (Lipinski definition) is 4. The van der Waals surface area contributed by atoms with Crippen LogP contribution in [-0.4, -0.2) is 57.6 Å². The Morgan fingerprint density at radius 2 is 1.80 bits per heavy atom. The van der Waals surface area contributed by atoms with Gasteiger partial charge in [0.15, 0.2) is 10.8 Å². The van der Waals surface area contributed by atoms with Crippen molar-refractivity contribution in [1.82, 2.24) is 4.98 Å². The zero-order chi connectivity index (χ0) is 29.9. The van der Waals surface area contributed by atoms with Gasteiger partial charge >= 0.3 is 5.97 Å². The van der Waals surface area contributed by atoms with E-state index in [-0.39, 0.29) is 70.1 Å². The minimum absolute atomic E-state index is 0.0617. The number of aliphatic hydroxyl groups excluding tert-OH is 3. The Kier molecular flexibility index (Phi) is 8.67. The highest BCUT2D eigenvalue weighted by molar-refractivity contribution is 7.16. The number of fused-ring (bicyclic) bond motifs is 5. The van der Waals surface area contributed by atoms with E-state index in [2.05, 4.69) is 31.1 Å². The molecule has 230 valence electrons. The molecule has 11 atom stereocenters. The van der Waals surface area contributed by atoms with Gasteiger partial charge in [0.25, 0.3) is 0 Å². The summed E-state index contributed by atoms with van der Waals surface area (Å²) in [6, 6.07) is 0. The number of hydrogen-bond acceptors (Lipinski definition) is 8. The Hall–Kier alpha value is -1.55. The Balaban J connectivity index is 1.25. The van der Waals surface area contributed by atoms with E-state index < -0.39 is 12.1 Å². The van der Waals surface area contributed by atoms with E-state index in [1.807, 2.05) is 13.8 Å². The summed E-state index contributed by atoms with van der Waals surface area (Å²) in [4.78, 5) is 30.2. The zero-order valence-corrected chi connectivity index (χ0v) is 26.4. The third-order valence-electron chi connectivity index (χ3n) is 12.2. The van der Waals surface area contributed by atoms with Crippen molar-refractivity contribution >= 4 is 28.3 Å². The lowest BCUT2D eigenvalue weighted by atomic mass is 9.43. The molecule has 5 rings (SSSR count). The number of carbonyl (C=O) groups excluding carboxylic acids is 2. The highest BCUT2D eigenvalue weighted by atomic mass is 32.1. The maximum Gasteiger partial charge on any atom is 0.357 e. The van der Waals surface area contributed by atoms with Crippen LogP contribution in [0.1, 0.15) is 114 Å². The molecule has 1 aromatic rings. The van der Waals surface area contributed by atoms with E-state index in [0.717, 1.165) is 43.4 Å². The molecule has 4 fully saturated rings. The van der Waals surface area contributed by atoms with E-state index in [1.165, 1.54) is 18.4 Å². The number of thiazole rings is 1. The fourth-order valence-corrected chi connectivity index (χ4v) is 10.9. The summed E-state index contributed by atoms with van der Waals surface area (Å²) < 4.78 is 4.86. The molecule has 41 heavy (non-hydrogen) atoms. The highest BCUT2D eigenvalue weighted by Crippen LogP contribution is 2.68. The molecule has 0 saturated heterocycles. The maximum absolute atomic E-state index is 13.0. The second kappa shape index (κ2) is 11.5. The SMILES string of the molecule is COC(=O)c1nc(NC(=O)CC[C@@H](C)[C@@H]2CC[C@@H]3[C@@H]4[C@H](O)C[C@H]5C[C@H](O)CC[C@]5(C)[C@@H]4C[C@H](O)[C@@]32C)sc1C(C)C. The van der Waals surface area contributed by atoms with Crippen LogP contribution in [0.3, 0.4) is 0 Å². The second-order valence-electron chi connectivity index (χ2n) is 14.5. The standard InChI is InChI=1S/C32H50N2O6S/c1-16(2)28-27(29(39)40-6)34-30(41-28)33-25(38)10-7-17(3)20-8-9-21-26-22(15-24(37)32(20,21)5)31(4)12-11-19(35)13-18(31)14-23(26)36/h16-24,26,35-37H,7-15H2,1-6H3,(H,33,34,38)/t17-,18-,19-,20+,21-,22-,23-,24+,26+,31+,32-/m1/s1. The number of amides is 1. The van der Waals surface area contributed by atoms with Crippen molar-refractivity contribution in [2.75, 3.05) is 12.4 Å². The zero-order valence-electron chi connectivity index (χ0n) is 25.6. The number of aliphatic hydroxyl groups is 3. The monoisotopic (exact) mass is 590 g/mol. The molecule has 0 aliphatic heterocycles. The van der Waals surface area contributed by atoms with Gasteiger partial charge in [0.05, 0.1) is 25.4 Å². The van der Waals surface area contributed by atoms with Crippen molar-refractivity contribution in [2.45, 2.75) is 117 Å². The molecule has 8 nitrogen and oxygen atoms in total. The van der Waals surface area contributed by atoms with Crippen LogP contribution in [0, 0.1) is 46.3 Å². The van der Waals surface area contributed by atoms with Crippen LogP contribution >= 0.6 is 11.3 Å². The molecule has 1 heterocycles. The maximum atomic E-state index is 13.0. The predicted molar refractivity (Wildman–Crippen MR) is 159 cm³/mol. The van der Waals surface area contributed by atoms with Crippen LogP contribution in [0.5, 0.6) is 0 Å². The lowest BCUT2D eigenvalue weighted by Crippen LogP contribution is -2.62. The number of nitrogens with one attached hydrogen (secondary N) is 1. The number of carbonyl (C=O) groups is 2. The average Bonchev–Trinajstić information content (AvgIpc) is 3.50. The molecule has 0 bridgehead atoms. The van der Waals surface area contributed by atoms with E-state index in [0.29, 0.717) is 30.3 Å². The minimum atomic E-state index is -0.495. The van der Waals surface area contributed by atoms with Gasteiger partial charge in [0.1, 0.15) is 0 Å². The number of rotatable bonds is 7. The quantitative estimate of drug-likeness (QED) is 0.314. The number of esters is 1. The van der Waals surface area contributed by atoms with Crippen LogP contribution in [0.15, 0.2) is 0 Å². The van der Waals surface area contributed by atoms with E-state index in [1.54, 1.807) is 0 Å². The smallest absolute Gasteiger partial charge is 0.357 e. The third kappa shape index (κ3) is 5.27. The van der Waals surface area contributed by atoms with Crippen molar-refractivity contribution in [2.24, 2.45) is 46.3 Å². The van der Waals surface area contributed by atoms with Gasteiger partial charge in [0, 0.05) is 11.3 Å². The van der Waals surface area contributed by atoms with Crippen molar-refractivity contribution < 1.29 is 29.6 Å². The molecule has 1 aromatic heterocycles. The summed E-state index contributed by atoms with van der Waals surface area (Å²) in [5.74, 6) is 1.03. The van der Waals surface area contributed by atoms with Gasteiger partial charge in [-0.3, -0.25) is 4.79 Å². The molecule has 0 radical (unpaired) electrons. The molecule has 0 spiro atoms. The Morgan fingerprint density at radius 1 is 1.07 bits per heavy atom. The van der Waals surface area contributed by atoms with Crippen LogP contribution < -0.4 is 5.32 Å². The third-order valence-corrected chi connectivity index (χ3v) is 13.4. The van der Waals surface area contributed by atoms with Gasteiger partial charge < -0.3 is 25.4 Å². The molecule has 0 unspecified atom stereocenters. The molecule has 1 amide bonds. The molecular formula is C32H50N2O6S. The van der Waals surface area contributed by atoms with Gasteiger partial charge in [-0.1, -0.05) is 34.6 Å². The molecule has 9 heteroatoms. The minimum Gasteiger partial charge on any atom is -0.464 e. The number of ether oxygens (including phenoxy) is 1. The molecule has 4 aliphatic rings. The highest BCUT2D eigenvalue weighted by Gasteiger charge is 2.65. The van der Waals surface area contributed by atoms with E-state index >= 15 is 0 Å².